The normalized spacial score (nSPS) is 16.8. The van der Waals surface area contributed by atoms with Crippen LogP contribution < -0.4 is 4.74 Å². The van der Waals surface area contributed by atoms with Crippen LogP contribution in [-0.2, 0) is 11.2 Å². The van der Waals surface area contributed by atoms with Crippen LogP contribution in [0.5, 0.6) is 5.88 Å². The molecule has 1 aromatic carbocycles. The summed E-state index contributed by atoms with van der Waals surface area (Å²) < 4.78 is 38.6. The first kappa shape index (κ1) is 19.3. The molecule has 1 unspecified atom stereocenters. The van der Waals surface area contributed by atoms with Gasteiger partial charge in [-0.3, -0.25) is 0 Å². The van der Waals surface area contributed by atoms with Crippen molar-refractivity contribution in [3.05, 3.63) is 35.0 Å². The van der Waals surface area contributed by atoms with Crippen LogP contribution >= 0.6 is 0 Å². The van der Waals surface area contributed by atoms with Crippen molar-refractivity contribution in [1.29, 1.82) is 0 Å². The van der Waals surface area contributed by atoms with Gasteiger partial charge in [0, 0.05) is 18.0 Å². The van der Waals surface area contributed by atoms with Gasteiger partial charge in [-0.25, -0.2) is 18.6 Å². The maximum absolute atomic E-state index is 14.0. The zero-order valence-electron chi connectivity index (χ0n) is 16.2. The third-order valence-electron chi connectivity index (χ3n) is 4.70. The fourth-order valence-electron chi connectivity index (χ4n) is 3.52. The van der Waals surface area contributed by atoms with Crippen molar-refractivity contribution >= 4 is 16.9 Å². The number of fused-ring (bicyclic) bond motifs is 3. The monoisotopic (exact) mass is 378 g/mol. The Balaban J connectivity index is 2.15. The average Bonchev–Trinajstić information content (AvgIpc) is 2.59. The minimum absolute atomic E-state index is 0.253. The number of benzene rings is 1. The predicted molar refractivity (Wildman–Crippen MR) is 97.9 cm³/mol. The number of ether oxygens (including phenoxy) is 2. The van der Waals surface area contributed by atoms with Crippen LogP contribution in [0, 0.1) is 11.6 Å². The van der Waals surface area contributed by atoms with Crippen LogP contribution in [0.3, 0.4) is 0 Å². The van der Waals surface area contributed by atoms with Crippen molar-refractivity contribution in [2.75, 3.05) is 14.2 Å². The molecule has 7 heteroatoms. The van der Waals surface area contributed by atoms with Crippen molar-refractivity contribution in [2.24, 2.45) is 0 Å². The molecular weight excluding hydrogens is 354 g/mol. The highest BCUT2D eigenvalue weighted by Gasteiger charge is 2.33. The standard InChI is InChI=1S/C20H24F2N2O3/c1-20(2,3)27-19(25)24(4)16-8-6-7-15-17(16)11-9-13(21)14(22)10-12(11)18(23-15)26-5/h9-10,16H,6-8H2,1-5H3. The summed E-state index contributed by atoms with van der Waals surface area (Å²) in [7, 11) is 3.10. The summed E-state index contributed by atoms with van der Waals surface area (Å²) in [6.07, 6.45) is 1.71. The Kier molecular flexibility index (Phi) is 4.97. The number of halogens is 2. The molecule has 0 radical (unpaired) electrons. The molecule has 0 bridgehead atoms. The van der Waals surface area contributed by atoms with Crippen molar-refractivity contribution in [3.8, 4) is 5.88 Å². The number of methoxy groups -OCH3 is 1. The second kappa shape index (κ2) is 6.94. The molecule has 1 aromatic heterocycles. The molecule has 1 aliphatic rings. The van der Waals surface area contributed by atoms with Gasteiger partial charge in [0.05, 0.1) is 18.8 Å². The van der Waals surface area contributed by atoms with E-state index in [-0.39, 0.29) is 11.9 Å². The summed E-state index contributed by atoms with van der Waals surface area (Å²) in [5.41, 5.74) is 0.833. The second-order valence-electron chi connectivity index (χ2n) is 7.79. The number of hydrogen-bond donors (Lipinski definition) is 0. The molecule has 0 saturated carbocycles. The Labute approximate surface area is 157 Å². The average molecular weight is 378 g/mol. The van der Waals surface area contributed by atoms with Gasteiger partial charge in [0.25, 0.3) is 0 Å². The van der Waals surface area contributed by atoms with E-state index in [1.54, 1.807) is 27.8 Å². The van der Waals surface area contributed by atoms with E-state index in [1.165, 1.54) is 12.0 Å². The third-order valence-corrected chi connectivity index (χ3v) is 4.70. The summed E-state index contributed by atoms with van der Waals surface area (Å²) in [5.74, 6) is -1.65. The number of carbonyl (C=O) groups is 1. The minimum atomic E-state index is -0.963. The van der Waals surface area contributed by atoms with Crippen LogP contribution in [0.1, 0.15) is 50.9 Å². The van der Waals surface area contributed by atoms with Gasteiger partial charge in [0.2, 0.25) is 5.88 Å². The number of nitrogens with zero attached hydrogens (tertiary/aromatic N) is 2. The number of carbonyl (C=O) groups excluding carboxylic acids is 1. The van der Waals surface area contributed by atoms with Crippen LogP contribution in [0.15, 0.2) is 12.1 Å². The molecule has 2 aromatic rings. The Hall–Kier alpha value is -2.44. The van der Waals surface area contributed by atoms with E-state index in [0.29, 0.717) is 23.6 Å². The van der Waals surface area contributed by atoms with Gasteiger partial charge in [-0.05, 0) is 57.6 Å². The van der Waals surface area contributed by atoms with Gasteiger partial charge in [0.1, 0.15) is 5.60 Å². The molecule has 0 fully saturated rings. The van der Waals surface area contributed by atoms with E-state index in [0.717, 1.165) is 29.8 Å². The van der Waals surface area contributed by atoms with Crippen molar-refractivity contribution in [2.45, 2.75) is 51.7 Å². The highest BCUT2D eigenvalue weighted by Crippen LogP contribution is 2.41. The van der Waals surface area contributed by atoms with Gasteiger partial charge in [-0.1, -0.05) is 0 Å². The first-order valence-corrected chi connectivity index (χ1v) is 8.93. The lowest BCUT2D eigenvalue weighted by Gasteiger charge is -2.35. The Bertz CT molecular complexity index is 893. The maximum atomic E-state index is 14.0. The smallest absolute Gasteiger partial charge is 0.410 e. The summed E-state index contributed by atoms with van der Waals surface area (Å²) in [6, 6.07) is 1.92. The molecule has 0 N–H and O–H groups in total. The van der Waals surface area contributed by atoms with Crippen molar-refractivity contribution in [1.82, 2.24) is 9.88 Å². The van der Waals surface area contributed by atoms with Gasteiger partial charge < -0.3 is 14.4 Å². The van der Waals surface area contributed by atoms with E-state index in [9.17, 15) is 13.6 Å². The fourth-order valence-corrected chi connectivity index (χ4v) is 3.52. The minimum Gasteiger partial charge on any atom is -0.481 e. The first-order valence-electron chi connectivity index (χ1n) is 8.93. The van der Waals surface area contributed by atoms with Gasteiger partial charge in [-0.15, -0.1) is 0 Å². The van der Waals surface area contributed by atoms with Crippen LogP contribution in [0.4, 0.5) is 13.6 Å². The molecule has 3 rings (SSSR count). The number of hydrogen-bond acceptors (Lipinski definition) is 4. The van der Waals surface area contributed by atoms with E-state index in [4.69, 9.17) is 9.47 Å². The largest absolute Gasteiger partial charge is 0.481 e. The van der Waals surface area contributed by atoms with E-state index in [2.05, 4.69) is 4.98 Å². The highest BCUT2D eigenvalue weighted by atomic mass is 19.2. The zero-order valence-corrected chi connectivity index (χ0v) is 16.2. The van der Waals surface area contributed by atoms with Crippen LogP contribution in [0.25, 0.3) is 10.8 Å². The van der Waals surface area contributed by atoms with Crippen molar-refractivity contribution < 1.29 is 23.0 Å². The lowest BCUT2D eigenvalue weighted by molar-refractivity contribution is 0.0205. The third kappa shape index (κ3) is 3.68. The fraction of sp³-hybridized carbons (Fsp3) is 0.500. The molecule has 1 aliphatic carbocycles. The second-order valence-corrected chi connectivity index (χ2v) is 7.79. The topological polar surface area (TPSA) is 51.7 Å². The van der Waals surface area contributed by atoms with Gasteiger partial charge in [0.15, 0.2) is 11.6 Å². The Morgan fingerprint density at radius 3 is 2.44 bits per heavy atom. The molecule has 27 heavy (non-hydrogen) atoms. The molecule has 1 atom stereocenters. The molecule has 0 saturated heterocycles. The first-order chi connectivity index (χ1) is 12.6. The molecule has 0 spiro atoms. The highest BCUT2D eigenvalue weighted by molar-refractivity contribution is 5.91. The lowest BCUT2D eigenvalue weighted by atomic mass is 9.87. The number of rotatable bonds is 2. The van der Waals surface area contributed by atoms with Crippen LogP contribution in [0.2, 0.25) is 0 Å². The Morgan fingerprint density at radius 2 is 1.85 bits per heavy atom. The molecular formula is C20H24F2N2O3. The number of pyridine rings is 1. The molecule has 0 aliphatic heterocycles. The van der Waals surface area contributed by atoms with Gasteiger partial charge >= 0.3 is 6.09 Å². The summed E-state index contributed by atoms with van der Waals surface area (Å²) in [6.45, 7) is 5.40. The number of aryl methyl sites for hydroxylation is 1. The summed E-state index contributed by atoms with van der Waals surface area (Å²) >= 11 is 0. The molecule has 1 amide bonds. The van der Waals surface area contributed by atoms with E-state index in [1.807, 2.05) is 0 Å². The molecule has 1 heterocycles. The van der Waals surface area contributed by atoms with E-state index < -0.39 is 23.3 Å². The van der Waals surface area contributed by atoms with Gasteiger partial charge in [-0.2, -0.15) is 0 Å². The summed E-state index contributed by atoms with van der Waals surface area (Å²) in [5, 5.41) is 0.899. The number of aromatic nitrogens is 1. The lowest BCUT2D eigenvalue weighted by Crippen LogP contribution is -2.38. The quantitative estimate of drug-likeness (QED) is 0.756. The SMILES string of the molecule is COc1nc2c(c3cc(F)c(F)cc13)C(N(C)C(=O)OC(C)(C)C)CCC2. The zero-order chi connectivity index (χ0) is 19.9. The molecule has 5 nitrogen and oxygen atoms in total. The number of amides is 1. The van der Waals surface area contributed by atoms with Crippen molar-refractivity contribution in [3.63, 3.8) is 0 Å². The van der Waals surface area contributed by atoms with Crippen LogP contribution in [-0.4, -0.2) is 35.7 Å². The van der Waals surface area contributed by atoms with E-state index >= 15 is 0 Å². The summed E-state index contributed by atoms with van der Waals surface area (Å²) in [4.78, 5) is 18.6. The molecule has 146 valence electrons. The Morgan fingerprint density at radius 1 is 1.22 bits per heavy atom. The predicted octanol–water partition coefficient (Wildman–Crippen LogP) is 4.77. The maximum Gasteiger partial charge on any atom is 0.410 e.